The fourth-order valence-electron chi connectivity index (χ4n) is 2.35. The lowest BCUT2D eigenvalue weighted by molar-refractivity contribution is -0.117. The zero-order valence-corrected chi connectivity index (χ0v) is 13.9. The monoisotopic (exact) mass is 360 g/mol. The van der Waals surface area contributed by atoms with Crippen molar-refractivity contribution in [3.05, 3.63) is 70.1 Å². The van der Waals surface area contributed by atoms with Crippen LogP contribution in [-0.4, -0.2) is 10.9 Å². The van der Waals surface area contributed by atoms with Gasteiger partial charge in [-0.2, -0.15) is 0 Å². The average Bonchev–Trinajstić information content (AvgIpc) is 3.02. The molecule has 0 fully saturated rings. The first-order valence-electron chi connectivity index (χ1n) is 7.42. The molecule has 1 aromatic heterocycles. The molecule has 25 heavy (non-hydrogen) atoms. The topological polar surface area (TPSA) is 65.2 Å². The van der Waals surface area contributed by atoms with Crippen molar-refractivity contribution >= 4 is 17.2 Å². The quantitative estimate of drug-likeness (QED) is 0.729. The van der Waals surface area contributed by atoms with Gasteiger partial charge >= 0.3 is 0 Å². The molecule has 128 valence electrons. The maximum absolute atomic E-state index is 13.8. The molecule has 0 aliphatic carbocycles. The number of hydrogen-bond donors (Lipinski definition) is 1. The van der Waals surface area contributed by atoms with Crippen LogP contribution in [0.2, 0.25) is 0 Å². The van der Waals surface area contributed by atoms with Crippen LogP contribution in [0.25, 0.3) is 11.3 Å². The second kappa shape index (κ2) is 7.40. The van der Waals surface area contributed by atoms with Crippen LogP contribution in [0.3, 0.4) is 0 Å². The Balaban J connectivity index is 1.76. The number of para-hydroxylation sites is 1. The SMILES string of the molecule is NC(=O)Cc1ccccc1OCc1nc(-c2c(F)cccc2F)cs1. The Bertz CT molecular complexity index is 891. The van der Waals surface area contributed by atoms with Gasteiger partial charge in [0.05, 0.1) is 17.7 Å². The number of nitrogens with two attached hydrogens (primary N) is 1. The second-order valence-electron chi connectivity index (χ2n) is 5.26. The van der Waals surface area contributed by atoms with Crippen molar-refractivity contribution in [2.75, 3.05) is 0 Å². The maximum atomic E-state index is 13.8. The van der Waals surface area contributed by atoms with Gasteiger partial charge < -0.3 is 10.5 Å². The van der Waals surface area contributed by atoms with Gasteiger partial charge in [-0.05, 0) is 18.2 Å². The molecule has 1 amide bonds. The van der Waals surface area contributed by atoms with Crippen LogP contribution in [0.1, 0.15) is 10.6 Å². The van der Waals surface area contributed by atoms with Crippen LogP contribution in [-0.2, 0) is 17.8 Å². The van der Waals surface area contributed by atoms with E-state index in [2.05, 4.69) is 4.98 Å². The molecule has 0 aliphatic heterocycles. The van der Waals surface area contributed by atoms with E-state index < -0.39 is 17.5 Å². The molecule has 0 spiro atoms. The molecule has 3 rings (SSSR count). The Morgan fingerprint density at radius 3 is 2.56 bits per heavy atom. The van der Waals surface area contributed by atoms with Gasteiger partial charge in [0, 0.05) is 10.9 Å². The van der Waals surface area contributed by atoms with E-state index in [1.165, 1.54) is 29.5 Å². The predicted molar refractivity (Wildman–Crippen MR) is 91.1 cm³/mol. The molecule has 0 saturated carbocycles. The number of amides is 1. The van der Waals surface area contributed by atoms with Crippen LogP contribution in [0, 0.1) is 11.6 Å². The summed E-state index contributed by atoms with van der Waals surface area (Å²) in [5.41, 5.74) is 5.97. The van der Waals surface area contributed by atoms with Gasteiger partial charge in [0.15, 0.2) is 0 Å². The van der Waals surface area contributed by atoms with E-state index in [1.807, 2.05) is 0 Å². The molecule has 0 unspecified atom stereocenters. The van der Waals surface area contributed by atoms with Crippen LogP contribution >= 0.6 is 11.3 Å². The maximum Gasteiger partial charge on any atom is 0.221 e. The number of nitrogens with zero attached hydrogens (tertiary/aromatic N) is 1. The third-order valence-corrected chi connectivity index (χ3v) is 4.28. The number of rotatable bonds is 6. The average molecular weight is 360 g/mol. The van der Waals surface area contributed by atoms with E-state index in [1.54, 1.807) is 29.6 Å². The number of carbonyl (C=O) groups is 1. The zero-order valence-electron chi connectivity index (χ0n) is 13.0. The van der Waals surface area contributed by atoms with Gasteiger partial charge in [-0.25, -0.2) is 13.8 Å². The number of ether oxygens (including phenoxy) is 1. The summed E-state index contributed by atoms with van der Waals surface area (Å²) in [6.07, 6.45) is 0.0692. The van der Waals surface area contributed by atoms with Gasteiger partial charge in [0.1, 0.15) is 29.0 Å². The molecule has 1 heterocycles. The number of benzene rings is 2. The molecule has 3 aromatic rings. The first-order valence-corrected chi connectivity index (χ1v) is 8.30. The van der Waals surface area contributed by atoms with E-state index >= 15 is 0 Å². The number of primary amides is 1. The molecule has 0 aliphatic rings. The fraction of sp³-hybridized carbons (Fsp3) is 0.111. The highest BCUT2D eigenvalue weighted by atomic mass is 32.1. The number of hydrogen-bond acceptors (Lipinski definition) is 4. The fourth-order valence-corrected chi connectivity index (χ4v) is 3.05. The minimum atomic E-state index is -0.662. The van der Waals surface area contributed by atoms with Crippen LogP contribution < -0.4 is 10.5 Å². The van der Waals surface area contributed by atoms with Gasteiger partial charge in [-0.3, -0.25) is 4.79 Å². The zero-order chi connectivity index (χ0) is 17.8. The van der Waals surface area contributed by atoms with Crippen molar-refractivity contribution in [1.82, 2.24) is 4.98 Å². The highest BCUT2D eigenvalue weighted by molar-refractivity contribution is 7.09. The number of thiazole rings is 1. The summed E-state index contributed by atoms with van der Waals surface area (Å²) in [7, 11) is 0. The third-order valence-electron chi connectivity index (χ3n) is 3.46. The van der Waals surface area contributed by atoms with E-state index in [0.717, 1.165) is 0 Å². The molecule has 2 aromatic carbocycles. The lowest BCUT2D eigenvalue weighted by atomic mass is 10.1. The van der Waals surface area contributed by atoms with E-state index in [-0.39, 0.29) is 24.3 Å². The standard InChI is InChI=1S/C18H14F2N2O2S/c19-12-5-3-6-13(20)18(12)14-10-25-17(22-14)9-24-15-7-2-1-4-11(15)8-16(21)23/h1-7,10H,8-9H2,(H2,21,23). The van der Waals surface area contributed by atoms with Crippen molar-refractivity contribution in [1.29, 1.82) is 0 Å². The highest BCUT2D eigenvalue weighted by Gasteiger charge is 2.15. The molecule has 0 radical (unpaired) electrons. The largest absolute Gasteiger partial charge is 0.486 e. The third kappa shape index (κ3) is 4.00. The lowest BCUT2D eigenvalue weighted by Crippen LogP contribution is -2.14. The van der Waals surface area contributed by atoms with Gasteiger partial charge in [-0.15, -0.1) is 11.3 Å². The lowest BCUT2D eigenvalue weighted by Gasteiger charge is -2.09. The first kappa shape index (κ1) is 17.0. The van der Waals surface area contributed by atoms with Crippen molar-refractivity contribution in [2.45, 2.75) is 13.0 Å². The molecule has 7 heteroatoms. The molecular weight excluding hydrogens is 346 g/mol. The van der Waals surface area contributed by atoms with Crippen LogP contribution in [0.15, 0.2) is 47.8 Å². The van der Waals surface area contributed by atoms with Gasteiger partial charge in [0.25, 0.3) is 0 Å². The van der Waals surface area contributed by atoms with Crippen LogP contribution in [0.5, 0.6) is 5.75 Å². The summed E-state index contributed by atoms with van der Waals surface area (Å²) < 4.78 is 33.3. The molecule has 4 nitrogen and oxygen atoms in total. The van der Waals surface area contributed by atoms with Crippen molar-refractivity contribution in [2.24, 2.45) is 5.73 Å². The Hall–Kier alpha value is -2.80. The minimum Gasteiger partial charge on any atom is -0.486 e. The van der Waals surface area contributed by atoms with E-state index in [0.29, 0.717) is 16.3 Å². The minimum absolute atomic E-state index is 0.0692. The Morgan fingerprint density at radius 2 is 1.84 bits per heavy atom. The predicted octanol–water partition coefficient (Wildman–Crippen LogP) is 3.70. The summed E-state index contributed by atoms with van der Waals surface area (Å²) in [5.74, 6) is -1.26. The van der Waals surface area contributed by atoms with Crippen molar-refractivity contribution in [3.8, 4) is 17.0 Å². The summed E-state index contributed by atoms with van der Waals surface area (Å²) in [5, 5.41) is 2.14. The van der Waals surface area contributed by atoms with Crippen LogP contribution in [0.4, 0.5) is 8.78 Å². The Labute approximate surface area is 146 Å². The first-order chi connectivity index (χ1) is 12.0. The number of carbonyl (C=O) groups excluding carboxylic acids is 1. The van der Waals surface area contributed by atoms with Crippen molar-refractivity contribution in [3.63, 3.8) is 0 Å². The Morgan fingerprint density at radius 1 is 1.12 bits per heavy atom. The molecule has 0 atom stereocenters. The summed E-state index contributed by atoms with van der Waals surface area (Å²) in [6, 6.07) is 10.7. The smallest absolute Gasteiger partial charge is 0.221 e. The highest BCUT2D eigenvalue weighted by Crippen LogP contribution is 2.28. The number of halogens is 2. The van der Waals surface area contributed by atoms with E-state index in [4.69, 9.17) is 10.5 Å². The summed E-state index contributed by atoms with van der Waals surface area (Å²) >= 11 is 1.24. The van der Waals surface area contributed by atoms with Gasteiger partial charge in [-0.1, -0.05) is 24.3 Å². The summed E-state index contributed by atoms with van der Waals surface area (Å²) in [6.45, 7) is 0.122. The molecular formula is C18H14F2N2O2S. The summed E-state index contributed by atoms with van der Waals surface area (Å²) in [4.78, 5) is 15.3. The molecule has 0 saturated heterocycles. The number of aromatic nitrogens is 1. The van der Waals surface area contributed by atoms with E-state index in [9.17, 15) is 13.6 Å². The normalized spacial score (nSPS) is 10.6. The van der Waals surface area contributed by atoms with Gasteiger partial charge in [0.2, 0.25) is 5.91 Å². The Kier molecular flexibility index (Phi) is 5.04. The molecule has 0 bridgehead atoms. The second-order valence-corrected chi connectivity index (χ2v) is 6.21. The van der Waals surface area contributed by atoms with Crippen molar-refractivity contribution < 1.29 is 18.3 Å². The molecule has 2 N–H and O–H groups in total.